The highest BCUT2D eigenvalue weighted by Gasteiger charge is 2.33. The molecule has 0 aliphatic carbocycles. The average Bonchev–Trinajstić information content (AvgIpc) is 3.27. The zero-order valence-corrected chi connectivity index (χ0v) is 17.3. The number of nitrogens with zero attached hydrogens (tertiary/aromatic N) is 2. The molecule has 5 nitrogen and oxygen atoms in total. The lowest BCUT2D eigenvalue weighted by Crippen LogP contribution is -2.12. The molecule has 11 heteroatoms. The highest BCUT2D eigenvalue weighted by molar-refractivity contribution is 5.66. The molecular formula is C23H15F6N3O2. The Morgan fingerprint density at radius 2 is 1.68 bits per heavy atom. The second kappa shape index (κ2) is 8.73. The largest absolute Gasteiger partial charge is 0.503 e. The fraction of sp³-hybridized carbons (Fsp3) is 0.130. The minimum Gasteiger partial charge on any atom is -0.503 e. The van der Waals surface area contributed by atoms with Crippen LogP contribution in [-0.4, -0.2) is 15.3 Å². The van der Waals surface area contributed by atoms with E-state index in [1.807, 2.05) is 0 Å². The van der Waals surface area contributed by atoms with Crippen LogP contribution in [0.15, 0.2) is 52.9 Å². The van der Waals surface area contributed by atoms with Gasteiger partial charge in [0.1, 0.15) is 5.82 Å². The molecule has 0 spiro atoms. The molecule has 4 aromatic rings. The Labute approximate surface area is 188 Å². The number of halogens is 6. The number of phenols is 1. The normalized spacial score (nSPS) is 11.6. The fourth-order valence-electron chi connectivity index (χ4n) is 3.26. The second-order valence-electron chi connectivity index (χ2n) is 7.35. The van der Waals surface area contributed by atoms with Crippen LogP contribution in [0.4, 0.5) is 32.0 Å². The minimum absolute atomic E-state index is 0.0426. The van der Waals surface area contributed by atoms with E-state index in [4.69, 9.17) is 4.42 Å². The quantitative estimate of drug-likeness (QED) is 0.321. The van der Waals surface area contributed by atoms with Gasteiger partial charge in [-0.05, 0) is 54.4 Å². The van der Waals surface area contributed by atoms with Crippen molar-refractivity contribution in [3.05, 3.63) is 82.7 Å². The summed E-state index contributed by atoms with van der Waals surface area (Å²) in [6.07, 6.45) is -4.72. The van der Waals surface area contributed by atoms with Crippen LogP contribution in [0.5, 0.6) is 5.75 Å². The second-order valence-corrected chi connectivity index (χ2v) is 7.35. The number of aryl methyl sites for hydroxylation is 1. The maximum Gasteiger partial charge on any atom is 0.416 e. The van der Waals surface area contributed by atoms with Crippen molar-refractivity contribution in [1.82, 2.24) is 10.2 Å². The number of aromatic hydroxyl groups is 1. The topological polar surface area (TPSA) is 71.2 Å². The van der Waals surface area contributed by atoms with E-state index in [2.05, 4.69) is 15.5 Å². The highest BCUT2D eigenvalue weighted by atomic mass is 19.4. The fourth-order valence-corrected chi connectivity index (χ4v) is 3.26. The Hall–Kier alpha value is -4.02. The molecule has 0 atom stereocenters. The summed E-state index contributed by atoms with van der Waals surface area (Å²) in [4.78, 5) is 0. The monoisotopic (exact) mass is 479 g/mol. The molecule has 2 N–H and O–H groups in total. The Kier molecular flexibility index (Phi) is 5.94. The molecule has 34 heavy (non-hydrogen) atoms. The first-order chi connectivity index (χ1) is 16.0. The van der Waals surface area contributed by atoms with Gasteiger partial charge in [0.15, 0.2) is 17.4 Å². The van der Waals surface area contributed by atoms with Crippen LogP contribution in [0.25, 0.3) is 22.9 Å². The van der Waals surface area contributed by atoms with E-state index in [1.54, 1.807) is 25.1 Å². The minimum atomic E-state index is -4.72. The Morgan fingerprint density at radius 3 is 2.41 bits per heavy atom. The maximum atomic E-state index is 14.1. The van der Waals surface area contributed by atoms with Crippen molar-refractivity contribution in [2.24, 2.45) is 0 Å². The predicted octanol–water partition coefficient (Wildman–Crippen LogP) is 6.47. The number of hydrogen-bond donors (Lipinski definition) is 2. The lowest BCUT2D eigenvalue weighted by Gasteiger charge is -2.15. The van der Waals surface area contributed by atoms with Crippen molar-refractivity contribution in [2.75, 3.05) is 5.32 Å². The third kappa shape index (κ3) is 4.54. The summed E-state index contributed by atoms with van der Waals surface area (Å²) >= 11 is 0. The molecule has 4 rings (SSSR count). The van der Waals surface area contributed by atoms with Crippen molar-refractivity contribution in [1.29, 1.82) is 0 Å². The van der Waals surface area contributed by atoms with Gasteiger partial charge in [-0.15, -0.1) is 10.2 Å². The molecular weight excluding hydrogens is 464 g/mol. The highest BCUT2D eigenvalue weighted by Crippen LogP contribution is 2.34. The number of phenolic OH excluding ortho intramolecular Hbond substituents is 1. The number of nitrogens with one attached hydrogen (secondary N) is 1. The molecule has 176 valence electrons. The molecule has 0 saturated heterocycles. The van der Waals surface area contributed by atoms with Crippen molar-refractivity contribution in [3.8, 4) is 28.7 Å². The van der Waals surface area contributed by atoms with Crippen molar-refractivity contribution >= 4 is 5.69 Å². The van der Waals surface area contributed by atoms with Crippen molar-refractivity contribution in [2.45, 2.75) is 19.6 Å². The zero-order valence-electron chi connectivity index (χ0n) is 17.3. The van der Waals surface area contributed by atoms with Crippen molar-refractivity contribution in [3.63, 3.8) is 0 Å². The number of benzene rings is 3. The first-order valence-electron chi connectivity index (χ1n) is 9.76. The van der Waals surface area contributed by atoms with Gasteiger partial charge in [-0.2, -0.15) is 13.2 Å². The van der Waals surface area contributed by atoms with Crippen LogP contribution in [0.3, 0.4) is 0 Å². The lowest BCUT2D eigenvalue weighted by atomic mass is 10.1. The van der Waals surface area contributed by atoms with Crippen LogP contribution in [0.1, 0.15) is 16.7 Å². The third-order valence-electron chi connectivity index (χ3n) is 5.05. The van der Waals surface area contributed by atoms with E-state index >= 15 is 0 Å². The molecule has 0 radical (unpaired) electrons. The molecule has 0 fully saturated rings. The predicted molar refractivity (Wildman–Crippen MR) is 110 cm³/mol. The molecule has 0 bridgehead atoms. The summed E-state index contributed by atoms with van der Waals surface area (Å²) < 4.78 is 86.0. The zero-order chi connectivity index (χ0) is 24.6. The number of aromatic nitrogens is 2. The van der Waals surface area contributed by atoms with E-state index in [0.29, 0.717) is 22.9 Å². The Morgan fingerprint density at radius 1 is 0.941 bits per heavy atom. The van der Waals surface area contributed by atoms with Gasteiger partial charge in [-0.1, -0.05) is 12.1 Å². The van der Waals surface area contributed by atoms with Crippen LogP contribution >= 0.6 is 0 Å². The molecule has 1 heterocycles. The summed E-state index contributed by atoms with van der Waals surface area (Å²) in [5.41, 5.74) is -0.0351. The van der Waals surface area contributed by atoms with E-state index < -0.39 is 34.9 Å². The first kappa shape index (κ1) is 23.1. The maximum absolute atomic E-state index is 14.1. The SMILES string of the molecule is Cc1ccc(-c2nnc(-c3ccc(F)c(O)c3F)o2)cc1NCc1ccc(F)cc1C(F)(F)F. The van der Waals surface area contributed by atoms with Gasteiger partial charge >= 0.3 is 6.18 Å². The summed E-state index contributed by atoms with van der Waals surface area (Å²) in [6, 6.07) is 9.12. The van der Waals surface area contributed by atoms with Gasteiger partial charge in [0, 0.05) is 17.8 Å². The number of anilines is 1. The molecule has 0 amide bonds. The van der Waals surface area contributed by atoms with Crippen LogP contribution in [0.2, 0.25) is 0 Å². The summed E-state index contributed by atoms with van der Waals surface area (Å²) in [6.45, 7) is 1.48. The smallest absolute Gasteiger partial charge is 0.416 e. The Bertz CT molecular complexity index is 1370. The van der Waals surface area contributed by atoms with E-state index in [-0.39, 0.29) is 29.5 Å². The first-order valence-corrected chi connectivity index (χ1v) is 9.76. The summed E-state index contributed by atoms with van der Waals surface area (Å²) in [5, 5.41) is 19.9. The van der Waals surface area contributed by atoms with E-state index in [9.17, 15) is 31.4 Å². The number of alkyl halides is 3. The molecule has 3 aromatic carbocycles. The molecule has 0 aliphatic rings. The van der Waals surface area contributed by atoms with Gasteiger partial charge in [0.05, 0.1) is 11.1 Å². The van der Waals surface area contributed by atoms with E-state index in [1.165, 1.54) is 0 Å². The molecule has 0 unspecified atom stereocenters. The van der Waals surface area contributed by atoms with Gasteiger partial charge in [-0.25, -0.2) is 13.2 Å². The Balaban J connectivity index is 1.61. The van der Waals surface area contributed by atoms with Gasteiger partial charge in [0.2, 0.25) is 5.89 Å². The van der Waals surface area contributed by atoms with Gasteiger partial charge in [-0.3, -0.25) is 0 Å². The van der Waals surface area contributed by atoms with Crippen LogP contribution in [0, 0.1) is 24.4 Å². The average molecular weight is 479 g/mol. The summed E-state index contributed by atoms with van der Waals surface area (Å²) in [5.74, 6) is -4.94. The standard InChI is InChI=1S/C23H15F6N3O2/c1-11-2-3-12(21-31-32-22(34-21)15-6-7-17(25)20(33)19(15)26)8-18(11)30-10-13-4-5-14(24)9-16(13)23(27,28)29/h2-9,30,33H,10H2,1H3. The van der Waals surface area contributed by atoms with Crippen LogP contribution in [-0.2, 0) is 12.7 Å². The lowest BCUT2D eigenvalue weighted by molar-refractivity contribution is -0.138. The van der Waals surface area contributed by atoms with Crippen LogP contribution < -0.4 is 5.32 Å². The molecule has 1 aromatic heterocycles. The number of rotatable bonds is 5. The number of hydrogen-bond acceptors (Lipinski definition) is 5. The van der Waals surface area contributed by atoms with E-state index in [0.717, 1.165) is 24.3 Å². The van der Waals surface area contributed by atoms with Crippen molar-refractivity contribution < 1.29 is 35.9 Å². The molecule has 0 saturated carbocycles. The third-order valence-corrected chi connectivity index (χ3v) is 5.05. The molecule has 0 aliphatic heterocycles. The van der Waals surface area contributed by atoms with Gasteiger partial charge in [0.25, 0.3) is 5.89 Å². The summed E-state index contributed by atoms with van der Waals surface area (Å²) in [7, 11) is 0. The van der Waals surface area contributed by atoms with Gasteiger partial charge < -0.3 is 14.8 Å².